The molecule has 1 aromatic carbocycles. The van der Waals surface area contributed by atoms with Crippen molar-refractivity contribution in [3.63, 3.8) is 0 Å². The molecule has 34 heavy (non-hydrogen) atoms. The van der Waals surface area contributed by atoms with Gasteiger partial charge in [0.05, 0.1) is 12.5 Å². The highest BCUT2D eigenvalue weighted by atomic mass is 16.5. The van der Waals surface area contributed by atoms with Crippen LogP contribution in [-0.4, -0.2) is 72.0 Å². The molecule has 2 heterocycles. The van der Waals surface area contributed by atoms with E-state index < -0.39 is 6.04 Å². The zero-order valence-corrected chi connectivity index (χ0v) is 21.2. The Morgan fingerprint density at radius 3 is 2.32 bits per heavy atom. The van der Waals surface area contributed by atoms with Gasteiger partial charge in [0.25, 0.3) is 0 Å². The van der Waals surface area contributed by atoms with Crippen molar-refractivity contribution in [2.24, 2.45) is 11.8 Å². The zero-order chi connectivity index (χ0) is 24.7. The summed E-state index contributed by atoms with van der Waals surface area (Å²) < 4.78 is 5.68. The normalized spacial score (nSPS) is 20.6. The summed E-state index contributed by atoms with van der Waals surface area (Å²) in [5, 5.41) is 3.33. The number of ether oxygens (including phenoxy) is 1. The standard InChI is InChI=1S/C27H41N3O4/c1-19(2)16-23-26(32)30(15-12-28-23)24(17-20(3)4)27(33)29-13-10-22(11-14-29)34-25(31)18-21-8-6-5-7-9-21/h5-9,19-20,22-24,28H,10-18H2,1-4H3. The Balaban J connectivity index is 1.57. The van der Waals surface area contributed by atoms with Crippen LogP contribution in [0.4, 0.5) is 0 Å². The maximum absolute atomic E-state index is 13.6. The van der Waals surface area contributed by atoms with Crippen LogP contribution in [0.1, 0.15) is 58.9 Å². The molecule has 2 aliphatic rings. The molecule has 188 valence electrons. The Bertz CT molecular complexity index is 818. The molecule has 7 heteroatoms. The third-order valence-electron chi connectivity index (χ3n) is 6.63. The molecular weight excluding hydrogens is 430 g/mol. The minimum atomic E-state index is -0.429. The predicted octanol–water partition coefficient (Wildman–Crippen LogP) is 3.02. The van der Waals surface area contributed by atoms with Crippen LogP contribution in [0, 0.1) is 11.8 Å². The maximum Gasteiger partial charge on any atom is 0.310 e. The Labute approximate surface area is 204 Å². The molecule has 0 spiro atoms. The van der Waals surface area contributed by atoms with Crippen LogP contribution < -0.4 is 5.32 Å². The summed E-state index contributed by atoms with van der Waals surface area (Å²) in [6.07, 6.45) is 2.79. The van der Waals surface area contributed by atoms with Crippen molar-refractivity contribution < 1.29 is 19.1 Å². The molecule has 0 aliphatic carbocycles. The molecule has 0 bridgehead atoms. The van der Waals surface area contributed by atoms with Gasteiger partial charge >= 0.3 is 5.97 Å². The number of hydrogen-bond acceptors (Lipinski definition) is 5. The Morgan fingerprint density at radius 1 is 1.03 bits per heavy atom. The van der Waals surface area contributed by atoms with E-state index in [0.717, 1.165) is 12.0 Å². The minimum absolute atomic E-state index is 0.0290. The molecule has 0 radical (unpaired) electrons. The molecule has 2 saturated heterocycles. The number of carbonyl (C=O) groups excluding carboxylic acids is 3. The lowest BCUT2D eigenvalue weighted by atomic mass is 9.95. The lowest BCUT2D eigenvalue weighted by Crippen LogP contribution is -2.62. The van der Waals surface area contributed by atoms with Crippen molar-refractivity contribution in [2.75, 3.05) is 26.2 Å². The summed E-state index contributed by atoms with van der Waals surface area (Å²) in [6.45, 7) is 10.8. The van der Waals surface area contributed by atoms with Crippen LogP contribution >= 0.6 is 0 Å². The first kappa shape index (κ1) is 26.2. The molecule has 0 aromatic heterocycles. The second-order valence-electron chi connectivity index (χ2n) is 10.5. The van der Waals surface area contributed by atoms with Crippen LogP contribution in [0.2, 0.25) is 0 Å². The number of carbonyl (C=O) groups is 3. The fourth-order valence-corrected chi connectivity index (χ4v) is 4.92. The van der Waals surface area contributed by atoms with Gasteiger partial charge in [-0.2, -0.15) is 0 Å². The van der Waals surface area contributed by atoms with E-state index in [0.29, 0.717) is 57.3 Å². The molecule has 2 amide bonds. The zero-order valence-electron chi connectivity index (χ0n) is 21.2. The van der Waals surface area contributed by atoms with E-state index in [4.69, 9.17) is 4.74 Å². The van der Waals surface area contributed by atoms with Crippen LogP contribution in [0.3, 0.4) is 0 Å². The molecule has 3 rings (SSSR count). The van der Waals surface area contributed by atoms with Crippen molar-refractivity contribution in [3.8, 4) is 0 Å². The quantitative estimate of drug-likeness (QED) is 0.560. The Kier molecular flexibility index (Phi) is 9.51. The van der Waals surface area contributed by atoms with Crippen molar-refractivity contribution >= 4 is 17.8 Å². The van der Waals surface area contributed by atoms with Gasteiger partial charge in [-0.3, -0.25) is 14.4 Å². The first-order chi connectivity index (χ1) is 16.2. The number of piperazine rings is 1. The summed E-state index contributed by atoms with van der Waals surface area (Å²) in [6, 6.07) is 8.93. The number of esters is 1. The monoisotopic (exact) mass is 471 g/mol. The molecular formula is C27H41N3O4. The number of nitrogens with one attached hydrogen (secondary N) is 1. The van der Waals surface area contributed by atoms with E-state index in [1.54, 1.807) is 0 Å². The average molecular weight is 472 g/mol. The molecule has 0 saturated carbocycles. The lowest BCUT2D eigenvalue weighted by Gasteiger charge is -2.42. The number of piperidine rings is 1. The molecule has 7 nitrogen and oxygen atoms in total. The minimum Gasteiger partial charge on any atom is -0.462 e. The summed E-state index contributed by atoms with van der Waals surface area (Å²) in [5.74, 6) is 0.558. The summed E-state index contributed by atoms with van der Waals surface area (Å²) in [5.41, 5.74) is 0.938. The number of likely N-dealkylation sites (tertiary alicyclic amines) is 1. The van der Waals surface area contributed by atoms with Crippen LogP contribution in [0.5, 0.6) is 0 Å². The fraction of sp³-hybridized carbons (Fsp3) is 0.667. The number of amides is 2. The van der Waals surface area contributed by atoms with E-state index >= 15 is 0 Å². The van der Waals surface area contributed by atoms with E-state index in [2.05, 4.69) is 33.0 Å². The average Bonchev–Trinajstić information content (AvgIpc) is 2.79. The Hall–Kier alpha value is -2.41. The highest BCUT2D eigenvalue weighted by Crippen LogP contribution is 2.22. The van der Waals surface area contributed by atoms with Gasteiger partial charge in [-0.25, -0.2) is 0 Å². The van der Waals surface area contributed by atoms with E-state index in [9.17, 15) is 14.4 Å². The van der Waals surface area contributed by atoms with Crippen LogP contribution in [0.15, 0.2) is 30.3 Å². The number of benzene rings is 1. The van der Waals surface area contributed by atoms with Gasteiger partial charge in [-0.1, -0.05) is 58.0 Å². The number of hydrogen-bond donors (Lipinski definition) is 1. The summed E-state index contributed by atoms with van der Waals surface area (Å²) in [7, 11) is 0. The molecule has 1 N–H and O–H groups in total. The third kappa shape index (κ3) is 7.29. The maximum atomic E-state index is 13.6. The summed E-state index contributed by atoms with van der Waals surface area (Å²) in [4.78, 5) is 42.8. The highest BCUT2D eigenvalue weighted by molar-refractivity contribution is 5.90. The topological polar surface area (TPSA) is 79.0 Å². The van der Waals surface area contributed by atoms with Gasteiger partial charge < -0.3 is 19.9 Å². The molecule has 2 fully saturated rings. The molecule has 2 unspecified atom stereocenters. The first-order valence-electron chi connectivity index (χ1n) is 12.8. The predicted molar refractivity (Wildman–Crippen MR) is 132 cm³/mol. The SMILES string of the molecule is CC(C)CC1NCCN(C(CC(C)C)C(=O)N2CCC(OC(=O)Cc3ccccc3)CC2)C1=O. The van der Waals surface area contributed by atoms with Crippen molar-refractivity contribution in [1.29, 1.82) is 0 Å². The first-order valence-corrected chi connectivity index (χ1v) is 12.8. The molecule has 1 aromatic rings. The highest BCUT2D eigenvalue weighted by Gasteiger charge is 2.39. The van der Waals surface area contributed by atoms with Crippen molar-refractivity contribution in [1.82, 2.24) is 15.1 Å². The van der Waals surface area contributed by atoms with Gasteiger partial charge in [0.1, 0.15) is 12.1 Å². The van der Waals surface area contributed by atoms with Crippen LogP contribution in [-0.2, 0) is 25.5 Å². The summed E-state index contributed by atoms with van der Waals surface area (Å²) >= 11 is 0. The van der Waals surface area contributed by atoms with E-state index in [1.807, 2.05) is 40.1 Å². The Morgan fingerprint density at radius 2 is 1.71 bits per heavy atom. The number of rotatable bonds is 9. The van der Waals surface area contributed by atoms with Crippen molar-refractivity contribution in [2.45, 2.75) is 78.0 Å². The largest absolute Gasteiger partial charge is 0.462 e. The van der Waals surface area contributed by atoms with Crippen molar-refractivity contribution in [3.05, 3.63) is 35.9 Å². The van der Waals surface area contributed by atoms with Gasteiger partial charge in [0, 0.05) is 39.0 Å². The molecule has 2 atom stereocenters. The second-order valence-corrected chi connectivity index (χ2v) is 10.5. The third-order valence-corrected chi connectivity index (χ3v) is 6.63. The van der Waals surface area contributed by atoms with E-state index in [-0.39, 0.29) is 36.4 Å². The van der Waals surface area contributed by atoms with Gasteiger partial charge in [0.2, 0.25) is 11.8 Å². The van der Waals surface area contributed by atoms with Gasteiger partial charge in [0.15, 0.2) is 0 Å². The lowest BCUT2D eigenvalue weighted by molar-refractivity contribution is -0.155. The van der Waals surface area contributed by atoms with Gasteiger partial charge in [-0.05, 0) is 30.2 Å². The van der Waals surface area contributed by atoms with Crippen LogP contribution in [0.25, 0.3) is 0 Å². The fourth-order valence-electron chi connectivity index (χ4n) is 4.92. The number of nitrogens with zero attached hydrogens (tertiary/aromatic N) is 2. The second kappa shape index (κ2) is 12.3. The molecule has 2 aliphatic heterocycles. The smallest absolute Gasteiger partial charge is 0.310 e. The van der Waals surface area contributed by atoms with Gasteiger partial charge in [-0.15, -0.1) is 0 Å². The van der Waals surface area contributed by atoms with E-state index in [1.165, 1.54) is 0 Å².